The van der Waals surface area contributed by atoms with E-state index < -0.39 is 0 Å². The second kappa shape index (κ2) is 10.1. The molecule has 3 atom stereocenters. The van der Waals surface area contributed by atoms with Crippen LogP contribution in [-0.4, -0.2) is 78.8 Å². The average molecular weight is 427 g/mol. The Balaban J connectivity index is 1.89. The Labute approximate surface area is 185 Å². The third kappa shape index (κ3) is 5.54. The molecule has 2 aromatic rings. The van der Waals surface area contributed by atoms with E-state index in [1.165, 1.54) is 5.56 Å². The topological polar surface area (TPSA) is 69.1 Å². The number of aromatic nitrogens is 1. The van der Waals surface area contributed by atoms with Crippen LogP contribution in [0.4, 0.5) is 5.69 Å². The van der Waals surface area contributed by atoms with Crippen molar-refractivity contribution in [2.75, 3.05) is 45.7 Å². The molecular formula is C24H34N4O3. The van der Waals surface area contributed by atoms with Crippen molar-refractivity contribution in [1.29, 1.82) is 0 Å². The highest BCUT2D eigenvalue weighted by atomic mass is 16.5. The van der Waals surface area contributed by atoms with E-state index in [1.807, 2.05) is 56.3 Å². The number of nitrogens with zero attached hydrogens (tertiary/aromatic N) is 4. The van der Waals surface area contributed by atoms with Gasteiger partial charge in [-0.2, -0.15) is 0 Å². The molecule has 0 aliphatic carbocycles. The second-order valence-corrected chi connectivity index (χ2v) is 8.75. The fraction of sp³-hybridized carbons (Fsp3) is 0.500. The van der Waals surface area contributed by atoms with Crippen molar-refractivity contribution in [3.8, 4) is 5.75 Å². The van der Waals surface area contributed by atoms with Gasteiger partial charge in [-0.15, -0.1) is 0 Å². The van der Waals surface area contributed by atoms with Crippen LogP contribution < -0.4 is 9.64 Å². The van der Waals surface area contributed by atoms with Crippen molar-refractivity contribution in [2.45, 2.75) is 32.5 Å². The van der Waals surface area contributed by atoms with Crippen LogP contribution in [-0.2, 0) is 6.54 Å². The monoisotopic (exact) mass is 426 g/mol. The molecule has 1 N–H and O–H groups in total. The summed E-state index contributed by atoms with van der Waals surface area (Å²) in [5, 5.41) is 9.77. The molecule has 3 rings (SSSR count). The van der Waals surface area contributed by atoms with Gasteiger partial charge in [0, 0.05) is 57.7 Å². The smallest absolute Gasteiger partial charge is 0.258 e. The number of pyridine rings is 1. The van der Waals surface area contributed by atoms with Gasteiger partial charge in [-0.05, 0) is 49.9 Å². The minimum Gasteiger partial charge on any atom is -0.488 e. The molecule has 0 fully saturated rings. The summed E-state index contributed by atoms with van der Waals surface area (Å²) in [6.07, 6.45) is 3.50. The number of carbonyl (C=O) groups is 1. The van der Waals surface area contributed by atoms with E-state index in [-0.39, 0.29) is 30.6 Å². The molecule has 1 aliphatic rings. The largest absolute Gasteiger partial charge is 0.488 e. The van der Waals surface area contributed by atoms with E-state index in [2.05, 4.69) is 23.9 Å². The Morgan fingerprint density at radius 2 is 1.94 bits per heavy atom. The Kier molecular flexibility index (Phi) is 7.51. The molecule has 0 bridgehead atoms. The van der Waals surface area contributed by atoms with Crippen LogP contribution in [0.3, 0.4) is 0 Å². The van der Waals surface area contributed by atoms with Crippen LogP contribution in [0.5, 0.6) is 5.75 Å². The fourth-order valence-electron chi connectivity index (χ4n) is 3.88. The predicted molar refractivity (Wildman–Crippen MR) is 123 cm³/mol. The molecule has 168 valence electrons. The second-order valence-electron chi connectivity index (χ2n) is 8.75. The highest BCUT2D eigenvalue weighted by molar-refractivity contribution is 5.98. The van der Waals surface area contributed by atoms with E-state index in [1.54, 1.807) is 17.3 Å². The summed E-state index contributed by atoms with van der Waals surface area (Å²) in [7, 11) is 5.97. The normalized spacial score (nSPS) is 20.0. The number of likely N-dealkylation sites (N-methyl/N-ethyl adjacent to an activating group) is 1. The Bertz CT molecular complexity index is 874. The lowest BCUT2D eigenvalue weighted by Gasteiger charge is -2.38. The van der Waals surface area contributed by atoms with Gasteiger partial charge in [0.25, 0.3) is 5.91 Å². The molecule has 7 nitrogen and oxygen atoms in total. The summed E-state index contributed by atoms with van der Waals surface area (Å²) in [5.74, 6) is 0.592. The number of carbonyl (C=O) groups excluding carboxylic acids is 1. The number of amides is 1. The average Bonchev–Trinajstić information content (AvgIpc) is 2.75. The van der Waals surface area contributed by atoms with Gasteiger partial charge in [0.2, 0.25) is 0 Å². The number of fused-ring (bicyclic) bond motifs is 1. The maximum Gasteiger partial charge on any atom is 0.258 e. The number of aliphatic hydroxyl groups excluding tert-OH is 1. The summed E-state index contributed by atoms with van der Waals surface area (Å²) < 4.78 is 6.44. The van der Waals surface area contributed by atoms with E-state index in [9.17, 15) is 9.90 Å². The maximum atomic E-state index is 13.4. The van der Waals surface area contributed by atoms with Crippen molar-refractivity contribution in [1.82, 2.24) is 14.8 Å². The minimum absolute atomic E-state index is 0.0748. The van der Waals surface area contributed by atoms with Gasteiger partial charge in [0.1, 0.15) is 11.9 Å². The maximum absolute atomic E-state index is 13.4. The molecular weight excluding hydrogens is 392 g/mol. The molecule has 1 amide bonds. The van der Waals surface area contributed by atoms with Crippen LogP contribution in [0, 0.1) is 5.92 Å². The number of anilines is 1. The van der Waals surface area contributed by atoms with Crippen LogP contribution in [0.15, 0.2) is 42.7 Å². The van der Waals surface area contributed by atoms with Crippen molar-refractivity contribution in [3.63, 3.8) is 0 Å². The van der Waals surface area contributed by atoms with Crippen LogP contribution in [0.2, 0.25) is 0 Å². The van der Waals surface area contributed by atoms with E-state index >= 15 is 0 Å². The molecule has 1 aromatic carbocycles. The quantitative estimate of drug-likeness (QED) is 0.734. The van der Waals surface area contributed by atoms with Crippen LogP contribution >= 0.6 is 0 Å². The zero-order valence-corrected chi connectivity index (χ0v) is 19.2. The van der Waals surface area contributed by atoms with Crippen molar-refractivity contribution in [2.24, 2.45) is 5.92 Å². The first-order chi connectivity index (χ1) is 14.8. The standard InChI is InChI=1S/C24H34N4O3/c1-17-13-28(18(2)16-29)24(30)21-12-20(26(3)4)6-7-22(21)31-23(17)15-27(5)14-19-8-10-25-11-9-19/h6-12,17-18,23,29H,13-16H2,1-5H3/t17-,18+,23+/m1/s1. The molecule has 0 saturated carbocycles. The van der Waals surface area contributed by atoms with Crippen molar-refractivity contribution >= 4 is 11.6 Å². The lowest BCUT2D eigenvalue weighted by molar-refractivity contribution is 0.0341. The van der Waals surface area contributed by atoms with E-state index in [0.717, 1.165) is 12.2 Å². The molecule has 0 spiro atoms. The zero-order chi connectivity index (χ0) is 22.5. The van der Waals surface area contributed by atoms with Crippen LogP contribution in [0.25, 0.3) is 0 Å². The Morgan fingerprint density at radius 3 is 2.58 bits per heavy atom. The fourth-order valence-corrected chi connectivity index (χ4v) is 3.88. The molecule has 7 heteroatoms. The van der Waals surface area contributed by atoms with Crippen molar-refractivity contribution < 1.29 is 14.6 Å². The number of hydrogen-bond donors (Lipinski definition) is 1. The predicted octanol–water partition coefficient (Wildman–Crippen LogP) is 2.50. The number of benzene rings is 1. The molecule has 1 aliphatic heterocycles. The first kappa shape index (κ1) is 23.0. The van der Waals surface area contributed by atoms with E-state index in [0.29, 0.717) is 24.4 Å². The number of rotatable bonds is 7. The third-order valence-electron chi connectivity index (χ3n) is 5.86. The highest BCUT2D eigenvalue weighted by Gasteiger charge is 2.33. The van der Waals surface area contributed by atoms with Gasteiger partial charge >= 0.3 is 0 Å². The molecule has 0 saturated heterocycles. The van der Waals surface area contributed by atoms with Crippen molar-refractivity contribution in [3.05, 3.63) is 53.9 Å². The molecule has 31 heavy (non-hydrogen) atoms. The van der Waals surface area contributed by atoms with Gasteiger partial charge in [-0.25, -0.2) is 0 Å². The molecule has 0 unspecified atom stereocenters. The first-order valence-electron chi connectivity index (χ1n) is 10.8. The number of ether oxygens (including phenoxy) is 1. The van der Waals surface area contributed by atoms with Crippen LogP contribution in [0.1, 0.15) is 29.8 Å². The molecule has 1 aromatic heterocycles. The summed E-state index contributed by atoms with van der Waals surface area (Å²) >= 11 is 0. The summed E-state index contributed by atoms with van der Waals surface area (Å²) in [6, 6.07) is 9.50. The van der Waals surface area contributed by atoms with E-state index in [4.69, 9.17) is 4.74 Å². The van der Waals surface area contributed by atoms with Gasteiger partial charge in [-0.3, -0.25) is 14.7 Å². The lowest BCUT2D eigenvalue weighted by Crippen LogP contribution is -2.49. The number of aliphatic hydroxyl groups is 1. The van der Waals surface area contributed by atoms with Gasteiger partial charge in [-0.1, -0.05) is 6.92 Å². The number of hydrogen-bond acceptors (Lipinski definition) is 6. The van der Waals surface area contributed by atoms with Gasteiger partial charge in [0.05, 0.1) is 18.2 Å². The summed E-state index contributed by atoms with van der Waals surface area (Å²) in [5.41, 5.74) is 2.67. The van der Waals surface area contributed by atoms with Gasteiger partial charge in [0.15, 0.2) is 0 Å². The first-order valence-corrected chi connectivity index (χ1v) is 10.8. The molecule has 0 radical (unpaired) electrons. The minimum atomic E-state index is -0.265. The SMILES string of the molecule is C[C@@H]1CN([C@@H](C)CO)C(=O)c2cc(N(C)C)ccc2O[C@H]1CN(C)Cc1ccncc1. The Hall–Kier alpha value is -2.64. The lowest BCUT2D eigenvalue weighted by atomic mass is 9.99. The van der Waals surface area contributed by atoms with Gasteiger partial charge < -0.3 is 19.6 Å². The highest BCUT2D eigenvalue weighted by Crippen LogP contribution is 2.31. The zero-order valence-electron chi connectivity index (χ0n) is 19.2. The molecule has 2 heterocycles. The summed E-state index contributed by atoms with van der Waals surface area (Å²) in [4.78, 5) is 23.4. The third-order valence-corrected chi connectivity index (χ3v) is 5.86. The summed E-state index contributed by atoms with van der Waals surface area (Å²) in [6.45, 7) is 5.95. The Morgan fingerprint density at radius 1 is 1.23 bits per heavy atom.